The van der Waals surface area contributed by atoms with Gasteiger partial charge in [-0.2, -0.15) is 0 Å². The van der Waals surface area contributed by atoms with Crippen LogP contribution in [-0.2, 0) is 0 Å². The van der Waals surface area contributed by atoms with Crippen molar-refractivity contribution in [1.29, 1.82) is 0 Å². The van der Waals surface area contributed by atoms with Crippen LogP contribution < -0.4 is 5.46 Å². The highest BCUT2D eigenvalue weighted by molar-refractivity contribution is 6.39. The van der Waals surface area contributed by atoms with Crippen molar-refractivity contribution in [3.63, 3.8) is 0 Å². The summed E-state index contributed by atoms with van der Waals surface area (Å²) in [6.45, 7) is 0. The molecule has 4 heteroatoms. The maximum absolute atomic E-state index is 9.61. The van der Waals surface area contributed by atoms with Crippen LogP contribution >= 0.6 is 0 Å². The van der Waals surface area contributed by atoms with Crippen molar-refractivity contribution < 1.29 is 15.3 Å². The number of aromatic hydroxyl groups is 3. The molecule has 3 nitrogen and oxygen atoms in total. The van der Waals surface area contributed by atoms with Crippen molar-refractivity contribution in [2.45, 2.75) is 0 Å². The summed E-state index contributed by atoms with van der Waals surface area (Å²) in [5.74, 6) is 0.586. The molecule has 0 fully saturated rings. The van der Waals surface area contributed by atoms with E-state index in [1.54, 1.807) is 36.4 Å². The molecule has 0 aliphatic heterocycles. The fourth-order valence-corrected chi connectivity index (χ4v) is 3.23. The topological polar surface area (TPSA) is 60.7 Å². The average Bonchev–Trinajstić information content (AvgIpc) is 2.70. The highest BCUT2D eigenvalue weighted by Crippen LogP contribution is 2.32. The van der Waals surface area contributed by atoms with E-state index >= 15 is 0 Å². The molecule has 4 rings (SSSR count). The van der Waals surface area contributed by atoms with E-state index in [0.29, 0.717) is 5.46 Å². The Labute approximate surface area is 164 Å². The summed E-state index contributed by atoms with van der Waals surface area (Å²) >= 11 is 0. The van der Waals surface area contributed by atoms with Crippen LogP contribution in [0.3, 0.4) is 0 Å². The standard InChI is InChI=1S/C24H17BO3/c25-24-22(16-3-9-20(27)10-4-16)13-18(15-1-7-19(26)8-2-15)14-23(24)17-5-11-21(28)12-6-17/h1-14,26-28H. The molecule has 0 saturated heterocycles. The molecule has 0 aliphatic carbocycles. The molecule has 0 spiro atoms. The van der Waals surface area contributed by atoms with Gasteiger partial charge in [-0.15, -0.1) is 0 Å². The lowest BCUT2D eigenvalue weighted by molar-refractivity contribution is 0.475. The van der Waals surface area contributed by atoms with Gasteiger partial charge in [-0.25, -0.2) is 0 Å². The van der Waals surface area contributed by atoms with Crippen molar-refractivity contribution in [1.82, 2.24) is 0 Å². The number of phenols is 3. The molecule has 0 amide bonds. The fourth-order valence-electron chi connectivity index (χ4n) is 3.23. The quantitative estimate of drug-likeness (QED) is 0.466. The van der Waals surface area contributed by atoms with E-state index in [9.17, 15) is 15.3 Å². The second-order valence-corrected chi connectivity index (χ2v) is 6.63. The first-order chi connectivity index (χ1) is 13.5. The SMILES string of the molecule is [B]c1c(-c2ccc(O)cc2)cc(-c2ccc(O)cc2)cc1-c1ccc(O)cc1. The minimum Gasteiger partial charge on any atom is -0.508 e. The van der Waals surface area contributed by atoms with Crippen LogP contribution in [0.15, 0.2) is 84.9 Å². The van der Waals surface area contributed by atoms with Gasteiger partial charge in [-0.1, -0.05) is 41.9 Å². The Morgan fingerprint density at radius 2 is 0.750 bits per heavy atom. The molecule has 0 bridgehead atoms. The zero-order valence-electron chi connectivity index (χ0n) is 15.0. The summed E-state index contributed by atoms with van der Waals surface area (Å²) in [7, 11) is 6.53. The average molecular weight is 364 g/mol. The van der Waals surface area contributed by atoms with Crippen LogP contribution in [0, 0.1) is 0 Å². The third-order valence-corrected chi connectivity index (χ3v) is 4.74. The van der Waals surface area contributed by atoms with E-state index < -0.39 is 0 Å². The van der Waals surface area contributed by atoms with E-state index in [4.69, 9.17) is 7.85 Å². The Kier molecular flexibility index (Phi) is 4.54. The Bertz CT molecular complexity index is 1050. The molecule has 28 heavy (non-hydrogen) atoms. The Hall–Kier alpha value is -3.66. The van der Waals surface area contributed by atoms with Crippen LogP contribution in [0.1, 0.15) is 0 Å². The third-order valence-electron chi connectivity index (χ3n) is 4.74. The van der Waals surface area contributed by atoms with Crippen LogP contribution in [0.4, 0.5) is 0 Å². The number of hydrogen-bond donors (Lipinski definition) is 3. The highest BCUT2D eigenvalue weighted by atomic mass is 16.3. The fraction of sp³-hybridized carbons (Fsp3) is 0. The Morgan fingerprint density at radius 1 is 0.429 bits per heavy atom. The normalized spacial score (nSPS) is 10.7. The van der Waals surface area contributed by atoms with Gasteiger partial charge in [0.1, 0.15) is 25.1 Å². The van der Waals surface area contributed by atoms with Gasteiger partial charge < -0.3 is 15.3 Å². The van der Waals surface area contributed by atoms with Crippen LogP contribution in [0.5, 0.6) is 17.2 Å². The maximum Gasteiger partial charge on any atom is 0.115 e. The second-order valence-electron chi connectivity index (χ2n) is 6.63. The number of benzene rings is 4. The van der Waals surface area contributed by atoms with Crippen LogP contribution in [0.2, 0.25) is 0 Å². The number of hydrogen-bond acceptors (Lipinski definition) is 3. The van der Waals surface area contributed by atoms with Crippen molar-refractivity contribution >= 4 is 13.3 Å². The molecule has 0 saturated carbocycles. The van der Waals surface area contributed by atoms with Gasteiger partial charge in [0.25, 0.3) is 0 Å². The van der Waals surface area contributed by atoms with E-state index in [1.165, 1.54) is 0 Å². The maximum atomic E-state index is 9.61. The molecule has 4 aromatic rings. The Morgan fingerprint density at radius 3 is 1.11 bits per heavy atom. The zero-order valence-corrected chi connectivity index (χ0v) is 15.0. The van der Waals surface area contributed by atoms with Gasteiger partial charge in [0.2, 0.25) is 0 Å². The first-order valence-corrected chi connectivity index (χ1v) is 8.83. The van der Waals surface area contributed by atoms with Gasteiger partial charge in [-0.3, -0.25) is 0 Å². The van der Waals surface area contributed by atoms with Gasteiger partial charge in [0.15, 0.2) is 0 Å². The lowest BCUT2D eigenvalue weighted by atomic mass is 9.79. The molecule has 0 heterocycles. The summed E-state index contributed by atoms with van der Waals surface area (Å²) in [6.07, 6.45) is 0. The van der Waals surface area contributed by atoms with Gasteiger partial charge >= 0.3 is 0 Å². The van der Waals surface area contributed by atoms with Crippen molar-refractivity contribution in [2.75, 3.05) is 0 Å². The summed E-state index contributed by atoms with van der Waals surface area (Å²) in [6, 6.07) is 24.8. The number of rotatable bonds is 3. The predicted molar refractivity (Wildman–Crippen MR) is 113 cm³/mol. The molecule has 0 atom stereocenters. The molecule has 0 aliphatic rings. The zero-order chi connectivity index (χ0) is 19.7. The summed E-state index contributed by atoms with van der Waals surface area (Å²) in [4.78, 5) is 0. The van der Waals surface area contributed by atoms with E-state index in [1.807, 2.05) is 48.5 Å². The van der Waals surface area contributed by atoms with Gasteiger partial charge in [0.05, 0.1) is 0 Å². The van der Waals surface area contributed by atoms with Crippen LogP contribution in [-0.4, -0.2) is 23.2 Å². The molecular formula is C24H17BO3. The van der Waals surface area contributed by atoms with Gasteiger partial charge in [-0.05, 0) is 81.9 Å². The smallest absolute Gasteiger partial charge is 0.115 e. The molecule has 134 valence electrons. The van der Waals surface area contributed by atoms with Crippen molar-refractivity contribution in [2.24, 2.45) is 0 Å². The molecule has 0 aromatic heterocycles. The first kappa shape index (κ1) is 17.7. The molecule has 3 N–H and O–H groups in total. The van der Waals surface area contributed by atoms with Gasteiger partial charge in [0, 0.05) is 0 Å². The summed E-state index contributed by atoms with van der Waals surface area (Å²) in [5, 5.41) is 28.8. The molecule has 4 aromatic carbocycles. The summed E-state index contributed by atoms with van der Waals surface area (Å²) in [5.41, 5.74) is 5.95. The molecule has 0 unspecified atom stereocenters. The number of phenolic OH excluding ortho intramolecular Hbond substituents is 3. The van der Waals surface area contributed by atoms with Crippen molar-refractivity contribution in [3.05, 3.63) is 84.9 Å². The van der Waals surface area contributed by atoms with E-state index in [0.717, 1.165) is 33.4 Å². The van der Waals surface area contributed by atoms with Crippen molar-refractivity contribution in [3.8, 4) is 50.6 Å². The molecular weight excluding hydrogens is 347 g/mol. The lowest BCUT2D eigenvalue weighted by Gasteiger charge is -2.16. The monoisotopic (exact) mass is 364 g/mol. The van der Waals surface area contributed by atoms with E-state index in [-0.39, 0.29) is 17.2 Å². The minimum absolute atomic E-state index is 0.191. The first-order valence-electron chi connectivity index (χ1n) is 8.83. The minimum atomic E-state index is 0.191. The predicted octanol–water partition coefficient (Wildman–Crippen LogP) is 4.60. The Balaban J connectivity index is 1.95. The summed E-state index contributed by atoms with van der Waals surface area (Å²) < 4.78 is 0. The third kappa shape index (κ3) is 3.45. The van der Waals surface area contributed by atoms with E-state index in [2.05, 4.69) is 0 Å². The second kappa shape index (κ2) is 7.16. The molecule has 2 radical (unpaired) electrons. The largest absolute Gasteiger partial charge is 0.508 e. The lowest BCUT2D eigenvalue weighted by Crippen LogP contribution is -2.11. The van der Waals surface area contributed by atoms with Crippen LogP contribution in [0.25, 0.3) is 33.4 Å². The highest BCUT2D eigenvalue weighted by Gasteiger charge is 2.12.